The molecule has 0 radical (unpaired) electrons. The number of piperazine rings is 1. The van der Waals surface area contributed by atoms with Crippen LogP contribution in [0.2, 0.25) is 0 Å². The lowest BCUT2D eigenvalue weighted by atomic mass is 9.91. The summed E-state index contributed by atoms with van der Waals surface area (Å²) in [5, 5.41) is 0. The zero-order valence-electron chi connectivity index (χ0n) is 18.7. The van der Waals surface area contributed by atoms with Crippen LogP contribution in [0.25, 0.3) is 0 Å². The summed E-state index contributed by atoms with van der Waals surface area (Å²) >= 11 is 9.05. The van der Waals surface area contributed by atoms with Gasteiger partial charge in [-0.25, -0.2) is 9.97 Å². The van der Waals surface area contributed by atoms with Crippen LogP contribution in [-0.2, 0) is 24.1 Å². The van der Waals surface area contributed by atoms with Gasteiger partial charge in [-0.3, -0.25) is 9.69 Å². The molecule has 176 valence electrons. The number of benzene rings is 1. The zero-order valence-corrected chi connectivity index (χ0v) is 21.0. The number of aromatic nitrogens is 2. The molecule has 3 aliphatic rings. The molecule has 0 bridgehead atoms. The first kappa shape index (κ1) is 22.9. The predicted octanol–water partition coefficient (Wildman–Crippen LogP) is 3.62. The average molecular weight is 535 g/mol. The smallest absolute Gasteiger partial charge is 0.227 e. The van der Waals surface area contributed by atoms with Gasteiger partial charge in [-0.2, -0.15) is 0 Å². The van der Waals surface area contributed by atoms with Gasteiger partial charge < -0.3 is 14.1 Å². The Bertz CT molecular complexity index is 1010. The molecule has 33 heavy (non-hydrogen) atoms. The van der Waals surface area contributed by atoms with Crippen LogP contribution in [0.4, 0.5) is 5.95 Å². The Balaban J connectivity index is 1.21. The normalized spacial score (nSPS) is 19.6. The predicted molar refractivity (Wildman–Crippen MR) is 132 cm³/mol. The van der Waals surface area contributed by atoms with E-state index in [1.54, 1.807) is 6.07 Å². The minimum atomic E-state index is 0.0659. The van der Waals surface area contributed by atoms with Crippen LogP contribution < -0.4 is 9.19 Å². The molecular formula is C24H29BrClN5O2. The largest absolute Gasteiger partial charge is 0.385 e. The number of carbonyl (C=O) groups is 1. The van der Waals surface area contributed by atoms with Crippen molar-refractivity contribution in [3.05, 3.63) is 45.7 Å². The second-order valence-electron chi connectivity index (χ2n) is 9.14. The van der Waals surface area contributed by atoms with Gasteiger partial charge in [-0.1, -0.05) is 22.4 Å². The fourth-order valence-electron chi connectivity index (χ4n) is 4.94. The number of anilines is 1. The first-order chi connectivity index (χ1) is 16.1. The van der Waals surface area contributed by atoms with E-state index >= 15 is 0 Å². The Kier molecular flexibility index (Phi) is 7.04. The zero-order chi connectivity index (χ0) is 22.8. The third-order valence-electron chi connectivity index (χ3n) is 7.20. The van der Waals surface area contributed by atoms with Crippen molar-refractivity contribution < 1.29 is 9.08 Å². The number of hydrogen-bond donors (Lipinski definition) is 0. The van der Waals surface area contributed by atoms with Gasteiger partial charge in [-0.05, 0) is 43.0 Å². The summed E-state index contributed by atoms with van der Waals surface area (Å²) in [6.07, 6.45) is 7.82. The molecule has 1 saturated heterocycles. The Morgan fingerprint density at radius 2 is 1.91 bits per heavy atom. The lowest BCUT2D eigenvalue weighted by molar-refractivity contribution is -0.130. The van der Waals surface area contributed by atoms with Gasteiger partial charge in [0.1, 0.15) is 17.6 Å². The molecule has 0 spiro atoms. The fourth-order valence-corrected chi connectivity index (χ4v) is 5.50. The second-order valence-corrected chi connectivity index (χ2v) is 10.2. The van der Waals surface area contributed by atoms with Crippen LogP contribution in [0.1, 0.15) is 36.1 Å². The van der Waals surface area contributed by atoms with Crippen LogP contribution in [0.5, 0.6) is 5.75 Å². The first-order valence-corrected chi connectivity index (χ1v) is 12.9. The summed E-state index contributed by atoms with van der Waals surface area (Å²) in [4.78, 5) is 29.5. The van der Waals surface area contributed by atoms with E-state index < -0.39 is 0 Å². The Labute approximate surface area is 208 Å². The van der Waals surface area contributed by atoms with Crippen LogP contribution in [0.15, 0.2) is 28.9 Å². The van der Waals surface area contributed by atoms with Gasteiger partial charge in [-0.15, -0.1) is 0 Å². The summed E-state index contributed by atoms with van der Waals surface area (Å²) in [5.41, 5.74) is 2.99. The molecule has 5 rings (SSSR count). The molecule has 2 aliphatic heterocycles. The third kappa shape index (κ3) is 5.12. The van der Waals surface area contributed by atoms with E-state index in [1.807, 2.05) is 23.2 Å². The Hall–Kier alpha value is -1.90. The maximum Gasteiger partial charge on any atom is 0.227 e. The summed E-state index contributed by atoms with van der Waals surface area (Å²) in [7, 11) is 0. The molecular weight excluding hydrogens is 506 g/mol. The minimum Gasteiger partial charge on any atom is -0.385 e. The SMILES string of the molecule is O=C(Cc1cc(Br)ccc1OCl)N1CCc2cnc(N3CCN(C4CCC4)CC3)nc2CC1. The van der Waals surface area contributed by atoms with Crippen molar-refractivity contribution in [2.75, 3.05) is 44.2 Å². The van der Waals surface area contributed by atoms with Crippen molar-refractivity contribution in [3.63, 3.8) is 0 Å². The molecule has 1 aromatic heterocycles. The molecule has 9 heteroatoms. The number of fused-ring (bicyclic) bond motifs is 1. The van der Waals surface area contributed by atoms with Gasteiger partial charge in [0.25, 0.3) is 0 Å². The topological polar surface area (TPSA) is 61.8 Å². The molecule has 2 fully saturated rings. The lowest BCUT2D eigenvalue weighted by Gasteiger charge is -2.43. The summed E-state index contributed by atoms with van der Waals surface area (Å²) in [6, 6.07) is 6.29. The van der Waals surface area contributed by atoms with Crippen molar-refractivity contribution in [3.8, 4) is 5.75 Å². The number of halogens is 2. The van der Waals surface area contributed by atoms with E-state index in [2.05, 4.69) is 30.7 Å². The quantitative estimate of drug-likeness (QED) is 0.584. The fraction of sp³-hybridized carbons (Fsp3) is 0.542. The lowest BCUT2D eigenvalue weighted by Crippen LogP contribution is -2.52. The molecule has 7 nitrogen and oxygen atoms in total. The van der Waals surface area contributed by atoms with Crippen LogP contribution in [-0.4, -0.2) is 71.0 Å². The van der Waals surface area contributed by atoms with Crippen molar-refractivity contribution in [1.82, 2.24) is 19.8 Å². The average Bonchev–Trinajstić information content (AvgIpc) is 3.01. The molecule has 1 aromatic carbocycles. The third-order valence-corrected chi connectivity index (χ3v) is 7.86. The highest BCUT2D eigenvalue weighted by Gasteiger charge is 2.29. The molecule has 0 atom stereocenters. The molecule has 0 N–H and O–H groups in total. The molecule has 3 heterocycles. The van der Waals surface area contributed by atoms with Gasteiger partial charge in [0.2, 0.25) is 11.9 Å². The number of hydrogen-bond acceptors (Lipinski definition) is 6. The monoisotopic (exact) mass is 533 g/mol. The summed E-state index contributed by atoms with van der Waals surface area (Å²) in [6.45, 7) is 5.48. The van der Waals surface area contributed by atoms with E-state index in [9.17, 15) is 4.79 Å². The number of amides is 1. The van der Waals surface area contributed by atoms with Gasteiger partial charge in [0.05, 0.1) is 12.1 Å². The standard InChI is InChI=1S/C24H29BrClN5O2/c25-19-4-5-22(33-26)18(14-19)15-23(32)30-8-6-17-16-27-24(28-21(17)7-9-30)31-12-10-29(11-13-31)20-2-1-3-20/h4-5,14,16,20H,1-3,6-13,15H2. The summed E-state index contributed by atoms with van der Waals surface area (Å²) < 4.78 is 5.81. The maximum absolute atomic E-state index is 13.0. The van der Waals surface area contributed by atoms with E-state index in [1.165, 1.54) is 19.3 Å². The van der Waals surface area contributed by atoms with Crippen molar-refractivity contribution in [1.29, 1.82) is 0 Å². The first-order valence-electron chi connectivity index (χ1n) is 11.8. The number of carbonyl (C=O) groups excluding carboxylic acids is 1. The van der Waals surface area contributed by atoms with E-state index in [4.69, 9.17) is 21.1 Å². The van der Waals surface area contributed by atoms with Crippen molar-refractivity contribution in [2.45, 2.75) is 44.6 Å². The molecule has 1 saturated carbocycles. The maximum atomic E-state index is 13.0. The Morgan fingerprint density at radius 1 is 1.12 bits per heavy atom. The number of nitrogens with zero attached hydrogens (tertiary/aromatic N) is 5. The number of rotatable bonds is 5. The van der Waals surface area contributed by atoms with E-state index in [0.29, 0.717) is 18.8 Å². The van der Waals surface area contributed by atoms with Crippen LogP contribution in [0.3, 0.4) is 0 Å². The highest BCUT2D eigenvalue weighted by Crippen LogP contribution is 2.27. The second kappa shape index (κ2) is 10.2. The van der Waals surface area contributed by atoms with E-state index in [0.717, 1.165) is 72.3 Å². The van der Waals surface area contributed by atoms with Crippen LogP contribution in [0, 0.1) is 0 Å². The minimum absolute atomic E-state index is 0.0659. The van der Waals surface area contributed by atoms with Crippen molar-refractivity contribution in [2.24, 2.45) is 0 Å². The van der Waals surface area contributed by atoms with Crippen LogP contribution >= 0.6 is 27.8 Å². The van der Waals surface area contributed by atoms with E-state index in [-0.39, 0.29) is 12.3 Å². The molecule has 0 unspecified atom stereocenters. The Morgan fingerprint density at radius 3 is 2.64 bits per heavy atom. The molecule has 1 amide bonds. The highest BCUT2D eigenvalue weighted by molar-refractivity contribution is 9.10. The van der Waals surface area contributed by atoms with Gasteiger partial charge in [0.15, 0.2) is 0 Å². The van der Waals surface area contributed by atoms with Crippen molar-refractivity contribution >= 4 is 39.7 Å². The van der Waals surface area contributed by atoms with Gasteiger partial charge in [0, 0.05) is 68.0 Å². The molecule has 2 aromatic rings. The van der Waals surface area contributed by atoms with Gasteiger partial charge >= 0.3 is 0 Å². The molecule has 1 aliphatic carbocycles. The summed E-state index contributed by atoms with van der Waals surface area (Å²) in [5.74, 6) is 1.41. The highest BCUT2D eigenvalue weighted by atomic mass is 79.9.